The van der Waals surface area contributed by atoms with Gasteiger partial charge in [0.15, 0.2) is 0 Å². The van der Waals surface area contributed by atoms with E-state index in [1.807, 2.05) is 6.20 Å². The van der Waals surface area contributed by atoms with E-state index in [1.54, 1.807) is 11.3 Å². The Labute approximate surface area is 120 Å². The highest BCUT2D eigenvalue weighted by molar-refractivity contribution is 7.09. The fraction of sp³-hybridized carbons (Fsp3) is 0.800. The number of hydrogen-bond acceptors (Lipinski definition) is 4. The SMILES string of the molecule is CCOC1CC(NC(CC)c2nccs2)C1(C)CC. The van der Waals surface area contributed by atoms with Crippen LogP contribution in [-0.2, 0) is 4.74 Å². The molecule has 1 heterocycles. The lowest BCUT2D eigenvalue weighted by Crippen LogP contribution is -2.62. The van der Waals surface area contributed by atoms with Crippen molar-refractivity contribution in [2.24, 2.45) is 5.41 Å². The molecule has 1 saturated carbocycles. The molecule has 0 radical (unpaired) electrons. The van der Waals surface area contributed by atoms with Crippen LogP contribution in [0.1, 0.15) is 58.0 Å². The Kier molecular flexibility index (Phi) is 4.98. The second-order valence-electron chi connectivity index (χ2n) is 5.59. The van der Waals surface area contributed by atoms with Gasteiger partial charge in [-0.05, 0) is 26.2 Å². The first-order valence-corrected chi connectivity index (χ1v) is 8.30. The number of nitrogens with zero attached hydrogens (tertiary/aromatic N) is 1. The molecule has 4 atom stereocenters. The second kappa shape index (κ2) is 6.33. The molecular weight excluding hydrogens is 256 g/mol. The highest BCUT2D eigenvalue weighted by Crippen LogP contribution is 2.46. The number of nitrogens with one attached hydrogen (secondary N) is 1. The highest BCUT2D eigenvalue weighted by atomic mass is 32.1. The zero-order chi connectivity index (χ0) is 13.9. The topological polar surface area (TPSA) is 34.1 Å². The van der Waals surface area contributed by atoms with E-state index in [-0.39, 0.29) is 5.41 Å². The number of aromatic nitrogens is 1. The molecule has 1 aromatic rings. The Hall–Kier alpha value is -0.450. The average Bonchev–Trinajstić information content (AvgIpc) is 2.95. The van der Waals surface area contributed by atoms with Gasteiger partial charge in [-0.3, -0.25) is 0 Å². The lowest BCUT2D eigenvalue weighted by atomic mass is 9.61. The van der Waals surface area contributed by atoms with Crippen molar-refractivity contribution >= 4 is 11.3 Å². The van der Waals surface area contributed by atoms with Gasteiger partial charge in [0.05, 0.1) is 12.1 Å². The van der Waals surface area contributed by atoms with Crippen molar-refractivity contribution in [2.45, 2.75) is 65.1 Å². The number of thiazole rings is 1. The molecule has 0 amide bonds. The predicted molar refractivity (Wildman–Crippen MR) is 80.5 cm³/mol. The molecule has 4 unspecified atom stereocenters. The van der Waals surface area contributed by atoms with E-state index < -0.39 is 0 Å². The molecule has 0 aliphatic heterocycles. The summed E-state index contributed by atoms with van der Waals surface area (Å²) < 4.78 is 5.87. The molecule has 1 aliphatic carbocycles. The lowest BCUT2D eigenvalue weighted by molar-refractivity contribution is -0.128. The summed E-state index contributed by atoms with van der Waals surface area (Å²) in [6, 6.07) is 0.932. The van der Waals surface area contributed by atoms with Gasteiger partial charge < -0.3 is 10.1 Å². The van der Waals surface area contributed by atoms with Gasteiger partial charge in [0.25, 0.3) is 0 Å². The maximum absolute atomic E-state index is 5.87. The number of ether oxygens (including phenoxy) is 1. The number of hydrogen-bond donors (Lipinski definition) is 1. The molecule has 108 valence electrons. The minimum Gasteiger partial charge on any atom is -0.378 e. The molecule has 0 saturated heterocycles. The van der Waals surface area contributed by atoms with Crippen LogP contribution >= 0.6 is 11.3 Å². The van der Waals surface area contributed by atoms with Crippen LogP contribution in [0.4, 0.5) is 0 Å². The first kappa shape index (κ1) is 14.9. The molecule has 1 fully saturated rings. The summed E-state index contributed by atoms with van der Waals surface area (Å²) in [7, 11) is 0. The first-order chi connectivity index (χ1) is 9.15. The summed E-state index contributed by atoms with van der Waals surface area (Å²) in [5.41, 5.74) is 0.265. The summed E-state index contributed by atoms with van der Waals surface area (Å²) >= 11 is 1.75. The molecule has 2 rings (SSSR count). The third-order valence-corrected chi connectivity index (χ3v) is 5.56. The third kappa shape index (κ3) is 2.86. The van der Waals surface area contributed by atoms with Crippen molar-refractivity contribution in [2.75, 3.05) is 6.61 Å². The smallest absolute Gasteiger partial charge is 0.109 e. The molecule has 1 N–H and O–H groups in total. The molecule has 1 aromatic heterocycles. The summed E-state index contributed by atoms with van der Waals surface area (Å²) in [5, 5.41) is 7.07. The Morgan fingerprint density at radius 1 is 1.53 bits per heavy atom. The molecular formula is C15H26N2OS. The highest BCUT2D eigenvalue weighted by Gasteiger charge is 2.51. The molecule has 1 aliphatic rings. The van der Waals surface area contributed by atoms with Crippen molar-refractivity contribution in [3.8, 4) is 0 Å². The Bertz CT molecular complexity index is 382. The molecule has 0 spiro atoms. The summed E-state index contributed by atoms with van der Waals surface area (Å²) in [4.78, 5) is 4.45. The van der Waals surface area contributed by atoms with Gasteiger partial charge in [-0.1, -0.05) is 20.8 Å². The van der Waals surface area contributed by atoms with Gasteiger partial charge in [0, 0.05) is 29.6 Å². The zero-order valence-corrected chi connectivity index (χ0v) is 13.3. The van der Waals surface area contributed by atoms with Gasteiger partial charge in [0.1, 0.15) is 5.01 Å². The van der Waals surface area contributed by atoms with Gasteiger partial charge in [0.2, 0.25) is 0 Å². The van der Waals surface area contributed by atoms with Crippen molar-refractivity contribution in [3.05, 3.63) is 16.6 Å². The zero-order valence-electron chi connectivity index (χ0n) is 12.5. The van der Waals surface area contributed by atoms with Crippen LogP contribution in [0.2, 0.25) is 0 Å². The molecule has 19 heavy (non-hydrogen) atoms. The fourth-order valence-corrected chi connectivity index (χ4v) is 3.80. The summed E-state index contributed by atoms with van der Waals surface area (Å²) in [6.45, 7) is 9.74. The van der Waals surface area contributed by atoms with E-state index in [2.05, 4.69) is 43.4 Å². The van der Waals surface area contributed by atoms with E-state index in [4.69, 9.17) is 4.74 Å². The van der Waals surface area contributed by atoms with Crippen molar-refractivity contribution in [3.63, 3.8) is 0 Å². The van der Waals surface area contributed by atoms with Crippen LogP contribution in [0.5, 0.6) is 0 Å². The Balaban J connectivity index is 1.99. The standard InChI is InChI=1S/C15H26N2OS/c1-5-11(14-16-8-9-19-14)17-12-10-13(18-7-3)15(12,4)6-2/h8-9,11-13,17H,5-7,10H2,1-4H3. The van der Waals surface area contributed by atoms with E-state index in [9.17, 15) is 0 Å². The first-order valence-electron chi connectivity index (χ1n) is 7.42. The monoisotopic (exact) mass is 282 g/mol. The predicted octanol–water partition coefficient (Wildman–Crippen LogP) is 3.78. The quantitative estimate of drug-likeness (QED) is 0.826. The second-order valence-corrected chi connectivity index (χ2v) is 6.52. The van der Waals surface area contributed by atoms with E-state index in [0.717, 1.165) is 25.9 Å². The Morgan fingerprint density at radius 2 is 2.32 bits per heavy atom. The minimum atomic E-state index is 0.265. The van der Waals surface area contributed by atoms with Crippen LogP contribution in [0, 0.1) is 5.41 Å². The minimum absolute atomic E-state index is 0.265. The van der Waals surface area contributed by atoms with Crippen molar-refractivity contribution in [1.29, 1.82) is 0 Å². The average molecular weight is 282 g/mol. The largest absolute Gasteiger partial charge is 0.378 e. The Morgan fingerprint density at radius 3 is 2.84 bits per heavy atom. The number of rotatable bonds is 7. The van der Waals surface area contributed by atoms with Gasteiger partial charge in [-0.15, -0.1) is 11.3 Å². The van der Waals surface area contributed by atoms with Crippen LogP contribution < -0.4 is 5.32 Å². The summed E-state index contributed by atoms with van der Waals surface area (Å²) in [6.07, 6.45) is 5.67. The van der Waals surface area contributed by atoms with Crippen LogP contribution in [0.15, 0.2) is 11.6 Å². The van der Waals surface area contributed by atoms with Crippen LogP contribution in [-0.4, -0.2) is 23.7 Å². The molecule has 4 heteroatoms. The summed E-state index contributed by atoms with van der Waals surface area (Å²) in [5.74, 6) is 0. The van der Waals surface area contributed by atoms with E-state index >= 15 is 0 Å². The maximum Gasteiger partial charge on any atom is 0.109 e. The van der Waals surface area contributed by atoms with Crippen LogP contribution in [0.25, 0.3) is 0 Å². The van der Waals surface area contributed by atoms with Crippen molar-refractivity contribution < 1.29 is 4.74 Å². The maximum atomic E-state index is 5.87. The van der Waals surface area contributed by atoms with E-state index in [1.165, 1.54) is 5.01 Å². The normalized spacial score (nSPS) is 32.0. The van der Waals surface area contributed by atoms with Crippen molar-refractivity contribution in [1.82, 2.24) is 10.3 Å². The van der Waals surface area contributed by atoms with Gasteiger partial charge >= 0.3 is 0 Å². The lowest BCUT2D eigenvalue weighted by Gasteiger charge is -2.54. The molecule has 0 bridgehead atoms. The van der Waals surface area contributed by atoms with Crippen LogP contribution in [0.3, 0.4) is 0 Å². The third-order valence-electron chi connectivity index (χ3n) is 4.67. The van der Waals surface area contributed by atoms with Gasteiger partial charge in [-0.25, -0.2) is 4.98 Å². The van der Waals surface area contributed by atoms with E-state index in [0.29, 0.717) is 18.2 Å². The molecule has 0 aromatic carbocycles. The van der Waals surface area contributed by atoms with Gasteiger partial charge in [-0.2, -0.15) is 0 Å². The fourth-order valence-electron chi connectivity index (χ4n) is 3.02. The molecule has 3 nitrogen and oxygen atoms in total.